The van der Waals surface area contributed by atoms with E-state index in [4.69, 9.17) is 9.47 Å². The number of hydrogen-bond donors (Lipinski definition) is 2. The number of anilines is 1. The van der Waals surface area contributed by atoms with Crippen molar-refractivity contribution in [1.82, 2.24) is 25.6 Å². The maximum absolute atomic E-state index is 5.36. The van der Waals surface area contributed by atoms with Crippen molar-refractivity contribution in [3.8, 4) is 11.5 Å². The number of aryl methyl sites for hydroxylation is 2. The second-order valence-corrected chi connectivity index (χ2v) is 5.41. The van der Waals surface area contributed by atoms with Crippen LogP contribution in [0, 0.1) is 6.92 Å². The fourth-order valence-electron chi connectivity index (χ4n) is 2.56. The summed E-state index contributed by atoms with van der Waals surface area (Å²) in [5, 5.41) is 18.2. The number of pyridine rings is 1. The van der Waals surface area contributed by atoms with Gasteiger partial charge in [-0.1, -0.05) is 5.21 Å². The predicted octanol–water partition coefficient (Wildman–Crippen LogP) is 2.12. The molecule has 2 heterocycles. The zero-order chi connectivity index (χ0) is 16.9. The Morgan fingerprint density at radius 3 is 2.62 bits per heavy atom. The summed E-state index contributed by atoms with van der Waals surface area (Å²) in [4.78, 5) is 4.66. The summed E-state index contributed by atoms with van der Waals surface area (Å²) in [6.45, 7) is 2.83. The summed E-state index contributed by atoms with van der Waals surface area (Å²) < 4.78 is 10.7. The molecule has 3 aromatic rings. The molecule has 0 aliphatic carbocycles. The van der Waals surface area contributed by atoms with Gasteiger partial charge in [-0.15, -0.1) is 10.2 Å². The van der Waals surface area contributed by atoms with Crippen LogP contribution in [0.4, 0.5) is 5.82 Å². The third kappa shape index (κ3) is 3.37. The molecule has 0 fully saturated rings. The number of nitrogens with zero attached hydrogens (tertiary/aromatic N) is 4. The SMILES string of the molecule is COc1cc2nc(NCCCc3nn[nH]n3)cc(C)c2cc1OC. The number of ether oxygens (including phenoxy) is 2. The van der Waals surface area contributed by atoms with E-state index < -0.39 is 0 Å². The Morgan fingerprint density at radius 2 is 1.92 bits per heavy atom. The number of tetrazole rings is 1. The molecule has 0 atom stereocenters. The largest absolute Gasteiger partial charge is 0.493 e. The molecule has 0 radical (unpaired) electrons. The molecule has 3 rings (SSSR count). The summed E-state index contributed by atoms with van der Waals surface area (Å²) >= 11 is 0. The quantitative estimate of drug-likeness (QED) is 0.641. The Kier molecular flexibility index (Phi) is 4.74. The number of rotatable bonds is 7. The van der Waals surface area contributed by atoms with Crippen LogP contribution in [0.1, 0.15) is 17.8 Å². The number of aromatic amines is 1. The number of nitrogens with one attached hydrogen (secondary N) is 2. The minimum absolute atomic E-state index is 0.672. The van der Waals surface area contributed by atoms with E-state index in [1.807, 2.05) is 18.2 Å². The fraction of sp³-hybridized carbons (Fsp3) is 0.375. The van der Waals surface area contributed by atoms with E-state index in [-0.39, 0.29) is 0 Å². The highest BCUT2D eigenvalue weighted by Gasteiger charge is 2.10. The van der Waals surface area contributed by atoms with Gasteiger partial charge in [-0.25, -0.2) is 4.98 Å². The highest BCUT2D eigenvalue weighted by atomic mass is 16.5. The van der Waals surface area contributed by atoms with E-state index in [1.165, 1.54) is 0 Å². The second-order valence-electron chi connectivity index (χ2n) is 5.41. The molecule has 0 aliphatic rings. The number of hydrogen-bond acceptors (Lipinski definition) is 7. The number of methoxy groups -OCH3 is 2. The van der Waals surface area contributed by atoms with Crippen molar-refractivity contribution in [3.63, 3.8) is 0 Å². The highest BCUT2D eigenvalue weighted by Crippen LogP contribution is 2.33. The van der Waals surface area contributed by atoms with Gasteiger partial charge in [0, 0.05) is 24.4 Å². The topological polar surface area (TPSA) is 97.8 Å². The van der Waals surface area contributed by atoms with Crippen molar-refractivity contribution in [2.75, 3.05) is 26.1 Å². The summed E-state index contributed by atoms with van der Waals surface area (Å²) in [6.07, 6.45) is 1.66. The molecule has 0 bridgehead atoms. The van der Waals surface area contributed by atoms with Gasteiger partial charge in [0.05, 0.1) is 19.7 Å². The van der Waals surface area contributed by atoms with Gasteiger partial charge in [-0.2, -0.15) is 5.21 Å². The fourth-order valence-corrected chi connectivity index (χ4v) is 2.56. The van der Waals surface area contributed by atoms with E-state index >= 15 is 0 Å². The number of aromatic nitrogens is 5. The van der Waals surface area contributed by atoms with Crippen LogP contribution in [-0.2, 0) is 6.42 Å². The maximum Gasteiger partial charge on any atom is 0.174 e. The summed E-state index contributed by atoms with van der Waals surface area (Å²) in [5.41, 5.74) is 2.00. The van der Waals surface area contributed by atoms with Gasteiger partial charge in [-0.3, -0.25) is 0 Å². The molecule has 8 nitrogen and oxygen atoms in total. The van der Waals surface area contributed by atoms with Gasteiger partial charge in [0.25, 0.3) is 0 Å². The Labute approximate surface area is 139 Å². The van der Waals surface area contributed by atoms with Crippen LogP contribution in [0.25, 0.3) is 10.9 Å². The Hall–Kier alpha value is -2.90. The van der Waals surface area contributed by atoms with Crippen molar-refractivity contribution < 1.29 is 9.47 Å². The minimum Gasteiger partial charge on any atom is -0.493 e. The third-order valence-corrected chi connectivity index (χ3v) is 3.79. The van der Waals surface area contributed by atoms with Crippen LogP contribution >= 0.6 is 0 Å². The van der Waals surface area contributed by atoms with Gasteiger partial charge < -0.3 is 14.8 Å². The van der Waals surface area contributed by atoms with Gasteiger partial charge in [0.2, 0.25) is 0 Å². The molecule has 2 aromatic heterocycles. The normalized spacial score (nSPS) is 10.8. The third-order valence-electron chi connectivity index (χ3n) is 3.79. The first-order valence-corrected chi connectivity index (χ1v) is 7.71. The van der Waals surface area contributed by atoms with E-state index in [9.17, 15) is 0 Å². The number of fused-ring (bicyclic) bond motifs is 1. The smallest absolute Gasteiger partial charge is 0.174 e. The molecular formula is C16H20N6O2. The van der Waals surface area contributed by atoms with Gasteiger partial charge in [0.1, 0.15) is 5.82 Å². The lowest BCUT2D eigenvalue weighted by Gasteiger charge is -2.12. The Balaban J connectivity index is 1.74. The molecule has 0 aliphatic heterocycles. The lowest BCUT2D eigenvalue weighted by molar-refractivity contribution is 0.356. The van der Waals surface area contributed by atoms with E-state index in [2.05, 4.69) is 37.8 Å². The molecule has 0 unspecified atom stereocenters. The van der Waals surface area contributed by atoms with Crippen molar-refractivity contribution in [1.29, 1.82) is 0 Å². The van der Waals surface area contributed by atoms with Crippen LogP contribution in [0.5, 0.6) is 11.5 Å². The predicted molar refractivity (Wildman–Crippen MR) is 90.6 cm³/mol. The first kappa shape index (κ1) is 16.0. The standard InChI is InChI=1S/C16H20N6O2/c1-10-7-16(17-6-4-5-15-19-21-22-20-15)18-12-9-14(24-3)13(23-2)8-11(10)12/h7-9H,4-6H2,1-3H3,(H,17,18)(H,19,20,21,22). The second kappa shape index (κ2) is 7.12. The first-order valence-electron chi connectivity index (χ1n) is 7.71. The van der Waals surface area contributed by atoms with Crippen LogP contribution in [0.3, 0.4) is 0 Å². The van der Waals surface area contributed by atoms with E-state index in [0.29, 0.717) is 11.5 Å². The van der Waals surface area contributed by atoms with Gasteiger partial charge in [0.15, 0.2) is 17.3 Å². The van der Waals surface area contributed by atoms with Crippen LogP contribution in [-0.4, -0.2) is 46.4 Å². The molecule has 2 N–H and O–H groups in total. The Bertz CT molecular complexity index is 819. The molecule has 0 spiro atoms. The molecular weight excluding hydrogens is 308 g/mol. The molecule has 0 amide bonds. The van der Waals surface area contributed by atoms with Crippen molar-refractivity contribution >= 4 is 16.7 Å². The van der Waals surface area contributed by atoms with Crippen LogP contribution < -0.4 is 14.8 Å². The number of benzene rings is 1. The zero-order valence-corrected chi connectivity index (χ0v) is 14.0. The lowest BCUT2D eigenvalue weighted by atomic mass is 10.1. The summed E-state index contributed by atoms with van der Waals surface area (Å²) in [6, 6.07) is 5.88. The van der Waals surface area contributed by atoms with Crippen molar-refractivity contribution in [2.24, 2.45) is 0 Å². The summed E-state index contributed by atoms with van der Waals surface area (Å²) in [7, 11) is 3.25. The minimum atomic E-state index is 0.672. The molecule has 126 valence electrons. The van der Waals surface area contributed by atoms with E-state index in [1.54, 1.807) is 14.2 Å². The van der Waals surface area contributed by atoms with Crippen LogP contribution in [0.15, 0.2) is 18.2 Å². The van der Waals surface area contributed by atoms with Gasteiger partial charge >= 0.3 is 0 Å². The van der Waals surface area contributed by atoms with E-state index in [0.717, 1.165) is 47.5 Å². The lowest BCUT2D eigenvalue weighted by Crippen LogP contribution is -2.06. The zero-order valence-electron chi connectivity index (χ0n) is 14.0. The molecule has 24 heavy (non-hydrogen) atoms. The van der Waals surface area contributed by atoms with Crippen molar-refractivity contribution in [3.05, 3.63) is 29.6 Å². The molecule has 0 saturated heterocycles. The maximum atomic E-state index is 5.36. The average molecular weight is 328 g/mol. The summed E-state index contributed by atoms with van der Waals surface area (Å²) in [5.74, 6) is 2.93. The molecule has 1 aromatic carbocycles. The van der Waals surface area contributed by atoms with Gasteiger partial charge in [-0.05, 0) is 31.0 Å². The molecule has 8 heteroatoms. The highest BCUT2D eigenvalue weighted by molar-refractivity contribution is 5.87. The van der Waals surface area contributed by atoms with Crippen molar-refractivity contribution in [2.45, 2.75) is 19.8 Å². The Morgan fingerprint density at radius 1 is 1.12 bits per heavy atom. The monoisotopic (exact) mass is 328 g/mol. The van der Waals surface area contributed by atoms with Crippen LogP contribution in [0.2, 0.25) is 0 Å². The molecule has 0 saturated carbocycles. The number of H-pyrrole nitrogens is 1. The average Bonchev–Trinajstić information content (AvgIpc) is 3.11. The first-order chi connectivity index (χ1) is 11.7.